The third kappa shape index (κ3) is 7.21. The molecule has 0 unspecified atom stereocenters. The maximum atomic E-state index is 14.1. The number of urea groups is 1. The largest absolute Gasteiger partial charge is 0.391 e. The molecule has 4 atom stereocenters. The Morgan fingerprint density at radius 2 is 1.56 bits per heavy atom. The summed E-state index contributed by atoms with van der Waals surface area (Å²) in [4.78, 5) is 46.6. The fourth-order valence-electron chi connectivity index (χ4n) is 7.43. The molecule has 0 radical (unpaired) electrons. The van der Waals surface area contributed by atoms with E-state index in [-0.39, 0.29) is 24.5 Å². The molecule has 0 bridgehead atoms. The van der Waals surface area contributed by atoms with Gasteiger partial charge in [-0.1, -0.05) is 72.7 Å². The van der Waals surface area contributed by atoms with Gasteiger partial charge in [-0.05, 0) is 79.0 Å². The van der Waals surface area contributed by atoms with Crippen molar-refractivity contribution in [2.75, 3.05) is 26.2 Å². The van der Waals surface area contributed by atoms with E-state index in [9.17, 15) is 14.7 Å². The van der Waals surface area contributed by atoms with Gasteiger partial charge < -0.3 is 35.5 Å². The minimum Gasteiger partial charge on any atom is -0.391 e. The first kappa shape index (κ1) is 33.4. The SMILES string of the molecule is O=C(N[C@@H](C(=O)N1CCC[C@H]1c1ncc(C#Cc2ccc(-c3ccc(-c4cnc([C@@H]5CCCN5)[nH]4)cc3)cc2)[nH]1)c1ccccc1)N1CC[C@@H](O)C1. The number of imidazole rings is 2. The lowest BCUT2D eigenvalue weighted by atomic mass is 10.0. The molecule has 0 saturated carbocycles. The first-order chi connectivity index (χ1) is 25.5. The van der Waals surface area contributed by atoms with E-state index in [1.54, 1.807) is 16.0 Å². The molecule has 5 aromatic rings. The van der Waals surface area contributed by atoms with Gasteiger partial charge in [-0.2, -0.15) is 0 Å². The number of hydrogen-bond donors (Lipinski definition) is 5. The first-order valence-corrected chi connectivity index (χ1v) is 18.1. The summed E-state index contributed by atoms with van der Waals surface area (Å²) in [6.07, 6.45) is 7.48. The molecule has 0 aliphatic carbocycles. The molecule has 2 aromatic heterocycles. The Labute approximate surface area is 302 Å². The summed E-state index contributed by atoms with van der Waals surface area (Å²) in [5, 5.41) is 16.4. The molecule has 3 fully saturated rings. The number of aromatic amines is 2. The lowest BCUT2D eigenvalue weighted by Crippen LogP contribution is -2.47. The molecule has 52 heavy (non-hydrogen) atoms. The number of aromatic nitrogens is 4. The number of hydrogen-bond acceptors (Lipinski definition) is 6. The predicted octanol–water partition coefficient (Wildman–Crippen LogP) is 5.47. The van der Waals surface area contributed by atoms with Crippen LogP contribution in [0, 0.1) is 11.8 Å². The van der Waals surface area contributed by atoms with Crippen LogP contribution in [0.4, 0.5) is 4.79 Å². The number of likely N-dealkylation sites (tertiary alicyclic amines) is 2. The van der Waals surface area contributed by atoms with Crippen molar-refractivity contribution in [1.29, 1.82) is 0 Å². The fraction of sp³-hybridized carbons (Fsp3) is 0.317. The number of benzene rings is 3. The molecule has 11 heteroatoms. The van der Waals surface area contributed by atoms with Gasteiger partial charge in [0, 0.05) is 25.2 Å². The van der Waals surface area contributed by atoms with E-state index >= 15 is 0 Å². The van der Waals surface area contributed by atoms with Gasteiger partial charge in [-0.15, -0.1) is 0 Å². The highest BCUT2D eigenvalue weighted by atomic mass is 16.3. The van der Waals surface area contributed by atoms with Crippen molar-refractivity contribution < 1.29 is 14.7 Å². The predicted molar refractivity (Wildman–Crippen MR) is 198 cm³/mol. The quantitative estimate of drug-likeness (QED) is 0.143. The second kappa shape index (κ2) is 14.9. The van der Waals surface area contributed by atoms with Gasteiger partial charge in [0.2, 0.25) is 5.91 Å². The van der Waals surface area contributed by atoms with E-state index < -0.39 is 12.1 Å². The molecular weight excluding hydrogens is 653 g/mol. The van der Waals surface area contributed by atoms with Crippen molar-refractivity contribution in [3.63, 3.8) is 0 Å². The van der Waals surface area contributed by atoms with Gasteiger partial charge in [-0.25, -0.2) is 14.8 Å². The standard InChI is InChI=1S/C41H42N8O3/c50-33-20-23-48(26-33)41(52)47-37(31-6-2-1-3-7-31)40(51)49-22-5-9-36(49)39-43-24-32(45-39)19-12-27-10-13-28(14-11-27)29-15-17-30(18-16-29)35-25-44-38(46-35)34-8-4-21-42-34/h1-3,6-7,10-11,13-18,24-25,33-34,36-37,42,50H,4-5,8-9,20-23,26H2,(H,43,45)(H,44,46)(H,47,52)/t33-,34+,36+,37-/m1/s1. The summed E-state index contributed by atoms with van der Waals surface area (Å²) in [7, 11) is 0. The van der Waals surface area contributed by atoms with Crippen molar-refractivity contribution in [3.8, 4) is 34.2 Å². The highest BCUT2D eigenvalue weighted by molar-refractivity contribution is 5.88. The topological polar surface area (TPSA) is 142 Å². The Morgan fingerprint density at radius 1 is 0.808 bits per heavy atom. The number of nitrogens with zero attached hydrogens (tertiary/aromatic N) is 4. The summed E-state index contributed by atoms with van der Waals surface area (Å²) in [5.74, 6) is 7.93. The molecule has 8 rings (SSSR count). The Hall–Kier alpha value is -5.70. The van der Waals surface area contributed by atoms with E-state index in [4.69, 9.17) is 0 Å². The molecule has 3 saturated heterocycles. The van der Waals surface area contributed by atoms with Crippen LogP contribution in [0.25, 0.3) is 22.4 Å². The number of β-amino-alcohol motifs (C(OH)–C–C–N with tert-alkyl or cyclic N) is 1. The lowest BCUT2D eigenvalue weighted by Gasteiger charge is -2.30. The third-order valence-electron chi connectivity index (χ3n) is 10.3. The number of rotatable bonds is 7. The van der Waals surface area contributed by atoms with Gasteiger partial charge >= 0.3 is 6.03 Å². The smallest absolute Gasteiger partial charge is 0.318 e. The molecule has 3 aliphatic heterocycles. The van der Waals surface area contributed by atoms with E-state index in [2.05, 4.69) is 78.8 Å². The van der Waals surface area contributed by atoms with Crippen LogP contribution in [0.3, 0.4) is 0 Å². The van der Waals surface area contributed by atoms with Crippen LogP contribution >= 0.6 is 0 Å². The zero-order chi connectivity index (χ0) is 35.4. The monoisotopic (exact) mass is 694 g/mol. The van der Waals surface area contributed by atoms with E-state index in [1.807, 2.05) is 48.7 Å². The Bertz CT molecular complexity index is 2070. The van der Waals surface area contributed by atoms with E-state index in [0.717, 1.165) is 59.6 Å². The summed E-state index contributed by atoms with van der Waals surface area (Å²) in [6.45, 7) is 2.31. The maximum absolute atomic E-state index is 14.1. The van der Waals surface area contributed by atoms with Crippen LogP contribution in [0.1, 0.15) is 78.7 Å². The maximum Gasteiger partial charge on any atom is 0.318 e. The van der Waals surface area contributed by atoms with Crippen molar-refractivity contribution in [1.82, 2.24) is 40.4 Å². The Kier molecular flexibility index (Phi) is 9.57. The second-order valence-electron chi connectivity index (χ2n) is 13.8. The molecule has 3 aromatic carbocycles. The molecule has 5 N–H and O–H groups in total. The van der Waals surface area contributed by atoms with Crippen molar-refractivity contribution in [2.24, 2.45) is 0 Å². The van der Waals surface area contributed by atoms with E-state index in [0.29, 0.717) is 42.6 Å². The highest BCUT2D eigenvalue weighted by Gasteiger charge is 2.38. The Morgan fingerprint density at radius 3 is 2.29 bits per heavy atom. The van der Waals surface area contributed by atoms with Gasteiger partial charge in [0.1, 0.15) is 23.4 Å². The average Bonchev–Trinajstić information content (AvgIpc) is 4.03. The molecule has 264 valence electrons. The number of amides is 3. The van der Waals surface area contributed by atoms with Crippen LogP contribution in [0.15, 0.2) is 91.3 Å². The van der Waals surface area contributed by atoms with Crippen molar-refractivity contribution in [3.05, 3.63) is 120 Å². The second-order valence-corrected chi connectivity index (χ2v) is 13.8. The van der Waals surface area contributed by atoms with Gasteiger partial charge in [0.15, 0.2) is 0 Å². The van der Waals surface area contributed by atoms with Crippen molar-refractivity contribution in [2.45, 2.75) is 56.3 Å². The number of H-pyrrole nitrogens is 2. The average molecular weight is 695 g/mol. The molecule has 0 spiro atoms. The highest BCUT2D eigenvalue weighted by Crippen LogP contribution is 2.33. The minimum atomic E-state index is -0.856. The fourth-order valence-corrected chi connectivity index (χ4v) is 7.43. The summed E-state index contributed by atoms with van der Waals surface area (Å²) < 4.78 is 0. The third-order valence-corrected chi connectivity index (χ3v) is 10.3. The number of nitrogens with one attached hydrogen (secondary N) is 4. The van der Waals surface area contributed by atoms with Crippen LogP contribution in [0.2, 0.25) is 0 Å². The molecule has 11 nitrogen and oxygen atoms in total. The van der Waals surface area contributed by atoms with E-state index in [1.165, 1.54) is 6.42 Å². The molecule has 3 amide bonds. The van der Waals surface area contributed by atoms with Gasteiger partial charge in [0.05, 0.1) is 36.3 Å². The first-order valence-electron chi connectivity index (χ1n) is 18.1. The molecule has 5 heterocycles. The van der Waals surface area contributed by atoms with Crippen LogP contribution in [-0.2, 0) is 4.79 Å². The Balaban J connectivity index is 0.921. The molecule has 3 aliphatic rings. The van der Waals surface area contributed by atoms with Gasteiger partial charge in [0.25, 0.3) is 0 Å². The number of carbonyl (C=O) groups excluding carboxylic acids is 2. The van der Waals surface area contributed by atoms with Crippen LogP contribution in [-0.4, -0.2) is 79.1 Å². The zero-order valence-electron chi connectivity index (χ0n) is 28.9. The lowest BCUT2D eigenvalue weighted by molar-refractivity contribution is -0.134. The zero-order valence-corrected chi connectivity index (χ0v) is 28.9. The normalized spacial score (nSPS) is 20.4. The number of aliphatic hydroxyl groups excluding tert-OH is 1. The van der Waals surface area contributed by atoms with Crippen LogP contribution < -0.4 is 10.6 Å². The van der Waals surface area contributed by atoms with Crippen LogP contribution in [0.5, 0.6) is 0 Å². The summed E-state index contributed by atoms with van der Waals surface area (Å²) in [5.41, 5.74) is 6.62. The number of carbonyl (C=O) groups is 2. The summed E-state index contributed by atoms with van der Waals surface area (Å²) >= 11 is 0. The minimum absolute atomic E-state index is 0.187. The number of aliphatic hydroxyl groups is 1. The molecular formula is C41H42N8O3. The van der Waals surface area contributed by atoms with Gasteiger partial charge in [-0.3, -0.25) is 4.79 Å². The van der Waals surface area contributed by atoms with Crippen molar-refractivity contribution >= 4 is 11.9 Å². The summed E-state index contributed by atoms with van der Waals surface area (Å²) in [6, 6.07) is 24.8.